The zero-order valence-electron chi connectivity index (χ0n) is 15.4. The smallest absolute Gasteiger partial charge is 0.298 e. The van der Waals surface area contributed by atoms with Crippen molar-refractivity contribution in [3.8, 4) is 11.5 Å². The molecule has 1 heterocycles. The molecule has 3 aromatic carbocycles. The lowest BCUT2D eigenvalue weighted by Gasteiger charge is -2.34. The van der Waals surface area contributed by atoms with Crippen molar-refractivity contribution < 1.29 is 22.8 Å². The van der Waals surface area contributed by atoms with Crippen LogP contribution in [-0.2, 0) is 19.9 Å². The number of rotatable bonds is 2. The first-order chi connectivity index (χ1) is 13.6. The van der Waals surface area contributed by atoms with Crippen LogP contribution in [0.5, 0.6) is 11.5 Å². The Morgan fingerprint density at radius 1 is 0.862 bits per heavy atom. The molecule has 0 saturated heterocycles. The SMILES string of the molecule is Cc1cc(O)cc(Br)c1C1(c2c(C)cc(O)cc2Br)OS(=O)(=O)c2ccccc21. The van der Waals surface area contributed by atoms with E-state index in [2.05, 4.69) is 31.9 Å². The quantitative estimate of drug-likeness (QED) is 0.434. The second kappa shape index (κ2) is 6.84. The van der Waals surface area contributed by atoms with Crippen LogP contribution < -0.4 is 0 Å². The molecule has 0 atom stereocenters. The van der Waals surface area contributed by atoms with E-state index in [-0.39, 0.29) is 16.4 Å². The highest BCUT2D eigenvalue weighted by atomic mass is 79.9. The number of aryl methyl sites for hydroxylation is 2. The van der Waals surface area contributed by atoms with Gasteiger partial charge in [0.05, 0.1) is 0 Å². The molecular weight excluding hydrogens is 524 g/mol. The van der Waals surface area contributed by atoms with Gasteiger partial charge in [0.25, 0.3) is 10.1 Å². The van der Waals surface area contributed by atoms with Crippen LogP contribution in [0.3, 0.4) is 0 Å². The number of aromatic hydroxyl groups is 2. The van der Waals surface area contributed by atoms with Crippen LogP contribution in [-0.4, -0.2) is 18.6 Å². The largest absolute Gasteiger partial charge is 0.508 e. The Bertz CT molecular complexity index is 1160. The van der Waals surface area contributed by atoms with Gasteiger partial charge in [-0.2, -0.15) is 8.42 Å². The summed E-state index contributed by atoms with van der Waals surface area (Å²) in [6, 6.07) is 12.8. The molecule has 4 rings (SSSR count). The normalized spacial score (nSPS) is 16.6. The van der Waals surface area contributed by atoms with E-state index in [0.717, 1.165) is 0 Å². The standard InChI is InChI=1S/C21H16Br2O5S/c1-11-7-13(24)9-16(22)19(11)21(20-12(2)8-14(25)10-17(20)23)15-5-3-4-6-18(15)29(26,27)28-21/h3-10,24-25H,1-2H3. The van der Waals surface area contributed by atoms with Crippen LogP contribution in [0.15, 0.2) is 62.4 Å². The van der Waals surface area contributed by atoms with Gasteiger partial charge in [0.2, 0.25) is 0 Å². The number of hydrogen-bond acceptors (Lipinski definition) is 5. The zero-order valence-corrected chi connectivity index (χ0v) is 19.4. The minimum atomic E-state index is -4.06. The number of hydrogen-bond donors (Lipinski definition) is 2. The van der Waals surface area contributed by atoms with Crippen molar-refractivity contribution in [3.63, 3.8) is 0 Å². The number of halogens is 2. The summed E-state index contributed by atoms with van der Waals surface area (Å²) in [7, 11) is -4.06. The molecule has 0 radical (unpaired) electrons. The van der Waals surface area contributed by atoms with E-state index in [4.69, 9.17) is 4.18 Å². The third kappa shape index (κ3) is 3.01. The number of fused-ring (bicyclic) bond motifs is 1. The second-order valence-electron chi connectivity index (χ2n) is 6.95. The van der Waals surface area contributed by atoms with Crippen LogP contribution >= 0.6 is 31.9 Å². The fourth-order valence-electron chi connectivity index (χ4n) is 4.05. The summed E-state index contributed by atoms with van der Waals surface area (Å²) >= 11 is 6.99. The van der Waals surface area contributed by atoms with E-state index in [0.29, 0.717) is 36.8 Å². The van der Waals surface area contributed by atoms with Gasteiger partial charge in [0, 0.05) is 25.6 Å². The average Bonchev–Trinajstić information content (AvgIpc) is 2.82. The van der Waals surface area contributed by atoms with Crippen LogP contribution in [0.25, 0.3) is 0 Å². The molecule has 0 unspecified atom stereocenters. The molecule has 0 amide bonds. The third-order valence-corrected chi connectivity index (χ3v) is 7.63. The molecule has 0 saturated carbocycles. The maximum atomic E-state index is 13.0. The van der Waals surface area contributed by atoms with Crippen LogP contribution in [0.2, 0.25) is 0 Å². The summed E-state index contributed by atoms with van der Waals surface area (Å²) in [6.45, 7) is 3.56. The Morgan fingerprint density at radius 3 is 1.83 bits per heavy atom. The van der Waals surface area contributed by atoms with E-state index >= 15 is 0 Å². The van der Waals surface area contributed by atoms with Crippen molar-refractivity contribution in [2.45, 2.75) is 24.3 Å². The highest BCUT2D eigenvalue weighted by molar-refractivity contribution is 9.10. The lowest BCUT2D eigenvalue weighted by molar-refractivity contribution is 0.176. The number of phenols is 2. The van der Waals surface area contributed by atoms with Crippen LogP contribution in [0, 0.1) is 13.8 Å². The van der Waals surface area contributed by atoms with Crippen molar-refractivity contribution in [1.82, 2.24) is 0 Å². The molecule has 1 aliphatic heterocycles. The Morgan fingerprint density at radius 2 is 1.34 bits per heavy atom. The Kier molecular flexibility index (Phi) is 4.81. The molecule has 0 aliphatic carbocycles. The van der Waals surface area contributed by atoms with Crippen molar-refractivity contribution in [2.24, 2.45) is 0 Å². The second-order valence-corrected chi connectivity index (χ2v) is 10.2. The van der Waals surface area contributed by atoms with Gasteiger partial charge in [-0.25, -0.2) is 4.18 Å². The highest BCUT2D eigenvalue weighted by Gasteiger charge is 2.54. The van der Waals surface area contributed by atoms with Gasteiger partial charge in [-0.1, -0.05) is 50.1 Å². The van der Waals surface area contributed by atoms with Gasteiger partial charge >= 0.3 is 0 Å². The van der Waals surface area contributed by atoms with E-state index in [1.807, 2.05) is 0 Å². The van der Waals surface area contributed by atoms with Gasteiger partial charge in [-0.3, -0.25) is 0 Å². The minimum Gasteiger partial charge on any atom is -0.508 e. The Hall–Kier alpha value is -1.87. The van der Waals surface area contributed by atoms with Crippen LogP contribution in [0.1, 0.15) is 27.8 Å². The van der Waals surface area contributed by atoms with Gasteiger partial charge in [0.15, 0.2) is 5.60 Å². The summed E-state index contributed by atoms with van der Waals surface area (Å²) in [5, 5.41) is 20.1. The van der Waals surface area contributed by atoms with E-state index < -0.39 is 15.7 Å². The average molecular weight is 540 g/mol. The highest BCUT2D eigenvalue weighted by Crippen LogP contribution is 2.55. The molecule has 2 N–H and O–H groups in total. The van der Waals surface area contributed by atoms with Gasteiger partial charge in [-0.15, -0.1) is 0 Å². The topological polar surface area (TPSA) is 83.8 Å². The van der Waals surface area contributed by atoms with Crippen molar-refractivity contribution >= 4 is 42.0 Å². The summed E-state index contributed by atoms with van der Waals surface area (Å²) in [6.07, 6.45) is 0. The molecule has 0 aromatic heterocycles. The number of benzene rings is 3. The molecule has 1 aliphatic rings. The molecule has 29 heavy (non-hydrogen) atoms. The van der Waals surface area contributed by atoms with Gasteiger partial charge in [0.1, 0.15) is 16.4 Å². The van der Waals surface area contributed by atoms with Crippen LogP contribution in [0.4, 0.5) is 0 Å². The third-order valence-electron chi connectivity index (χ3n) is 5.02. The summed E-state index contributed by atoms with van der Waals surface area (Å²) in [5.74, 6) is 0.0906. The maximum absolute atomic E-state index is 13.0. The molecule has 0 fully saturated rings. The van der Waals surface area contributed by atoms with E-state index in [1.165, 1.54) is 18.2 Å². The number of phenolic OH excluding ortho intramolecular Hbond substituents is 2. The van der Waals surface area contributed by atoms with Crippen molar-refractivity contribution in [3.05, 3.63) is 85.3 Å². The predicted octanol–water partition coefficient (Wildman–Crippen LogP) is 5.25. The fourth-order valence-corrected chi connectivity index (χ4v) is 7.11. The fraction of sp³-hybridized carbons (Fsp3) is 0.143. The molecule has 3 aromatic rings. The molecule has 5 nitrogen and oxygen atoms in total. The maximum Gasteiger partial charge on any atom is 0.298 e. The molecule has 0 spiro atoms. The first-order valence-electron chi connectivity index (χ1n) is 8.62. The van der Waals surface area contributed by atoms with Crippen molar-refractivity contribution in [2.75, 3.05) is 0 Å². The first-order valence-corrected chi connectivity index (χ1v) is 11.6. The summed E-state index contributed by atoms with van der Waals surface area (Å²) in [4.78, 5) is 0.0822. The molecule has 8 heteroatoms. The monoisotopic (exact) mass is 538 g/mol. The van der Waals surface area contributed by atoms with Gasteiger partial charge < -0.3 is 10.2 Å². The predicted molar refractivity (Wildman–Crippen MR) is 116 cm³/mol. The summed E-state index contributed by atoms with van der Waals surface area (Å²) in [5.41, 5.74) is 1.34. The van der Waals surface area contributed by atoms with E-state index in [9.17, 15) is 18.6 Å². The molecular formula is C21H16Br2O5S. The van der Waals surface area contributed by atoms with Crippen molar-refractivity contribution in [1.29, 1.82) is 0 Å². The first kappa shape index (κ1) is 20.4. The lowest BCUT2D eigenvalue weighted by atomic mass is 9.77. The lowest BCUT2D eigenvalue weighted by Crippen LogP contribution is -2.32. The summed E-state index contributed by atoms with van der Waals surface area (Å²) < 4.78 is 33.0. The molecule has 150 valence electrons. The van der Waals surface area contributed by atoms with Gasteiger partial charge in [-0.05, 0) is 55.3 Å². The Labute approximate surface area is 185 Å². The Balaban J connectivity index is 2.24. The molecule has 0 bridgehead atoms. The minimum absolute atomic E-state index is 0.0453. The van der Waals surface area contributed by atoms with E-state index in [1.54, 1.807) is 44.2 Å². The zero-order chi connectivity index (χ0) is 21.1.